The molecule has 12 heteroatoms. The maximum atomic E-state index is 14.6. The maximum absolute atomic E-state index is 14.6. The van der Waals surface area contributed by atoms with Crippen LogP contribution in [-0.2, 0) is 33.4 Å². The Balaban J connectivity index is 1.23. The number of carboxylic acids is 1. The van der Waals surface area contributed by atoms with Crippen LogP contribution >= 0.6 is 0 Å². The predicted octanol–water partition coefficient (Wildman–Crippen LogP) is 8.94. The Morgan fingerprint density at radius 2 is 1.40 bits per heavy atom. The van der Waals surface area contributed by atoms with Crippen LogP contribution in [0.5, 0.6) is 0 Å². The number of alkyl carbamates (subject to hydrolysis) is 1. The molecule has 0 aromatic heterocycles. The summed E-state index contributed by atoms with van der Waals surface area (Å²) in [7, 11) is 0. The first-order chi connectivity index (χ1) is 28.7. The van der Waals surface area contributed by atoms with Gasteiger partial charge in [-0.15, -0.1) is 0 Å². The molecule has 3 amide bonds. The molecule has 0 aromatic carbocycles. The summed E-state index contributed by atoms with van der Waals surface area (Å²) < 4.78 is 11.8. The number of allylic oxidation sites excluding steroid dienone is 1. The number of hydrogen-bond donors (Lipinski definition) is 4. The number of carbonyl (C=O) groups is 6. The smallest absolute Gasteiger partial charge is 0.408 e. The molecule has 0 radical (unpaired) electrons. The third kappa shape index (κ3) is 7.94. The third-order valence-corrected chi connectivity index (χ3v) is 18.5. The number of nitrogens with one attached hydrogen (secondary N) is 3. The van der Waals surface area contributed by atoms with Crippen LogP contribution in [0.2, 0.25) is 0 Å². The number of aliphatic carboxylic acids is 1. The topological polar surface area (TPSA) is 177 Å². The number of rotatable bonds is 10. The molecule has 11 atom stereocenters. The van der Waals surface area contributed by atoms with Crippen molar-refractivity contribution in [1.29, 1.82) is 0 Å². The average molecular weight is 880 g/mol. The highest BCUT2D eigenvalue weighted by atomic mass is 16.6. The van der Waals surface area contributed by atoms with E-state index in [-0.39, 0.29) is 69.6 Å². The van der Waals surface area contributed by atoms with Crippen molar-refractivity contribution < 1.29 is 43.3 Å². The molecular weight excluding hydrogens is 799 g/mol. The van der Waals surface area contributed by atoms with Gasteiger partial charge in [-0.25, -0.2) is 4.79 Å². The van der Waals surface area contributed by atoms with Crippen LogP contribution in [0, 0.1) is 68.5 Å². The lowest BCUT2D eigenvalue weighted by Crippen LogP contribution is -2.68. The van der Waals surface area contributed by atoms with E-state index in [1.165, 1.54) is 0 Å². The van der Waals surface area contributed by atoms with Crippen molar-refractivity contribution in [2.45, 2.75) is 204 Å². The van der Waals surface area contributed by atoms with Crippen LogP contribution in [0.25, 0.3) is 0 Å². The van der Waals surface area contributed by atoms with Crippen molar-refractivity contribution in [3.05, 3.63) is 11.1 Å². The molecule has 12 nitrogen and oxygen atoms in total. The van der Waals surface area contributed by atoms with Crippen LogP contribution in [0.1, 0.15) is 175 Å². The fourth-order valence-electron chi connectivity index (χ4n) is 14.7. The number of hydrogen-bond acceptors (Lipinski definition) is 8. The molecule has 0 aromatic rings. The zero-order valence-electron chi connectivity index (χ0n) is 41.5. The molecule has 6 rings (SSSR count). The Kier molecular flexibility index (Phi) is 12.3. The number of Topliss-reactive ketones (excluding diaryl/α,β-unsaturated/α-hetero) is 1. The highest BCUT2D eigenvalue weighted by Gasteiger charge is 2.71. The first-order valence-corrected chi connectivity index (χ1v) is 24.1. The van der Waals surface area contributed by atoms with Gasteiger partial charge in [-0.2, -0.15) is 0 Å². The van der Waals surface area contributed by atoms with E-state index < -0.39 is 57.9 Å². The Hall–Kier alpha value is -3.44. The van der Waals surface area contributed by atoms with E-state index in [9.17, 15) is 33.9 Å². The summed E-state index contributed by atoms with van der Waals surface area (Å²) in [5.74, 6) is -2.34. The summed E-state index contributed by atoms with van der Waals surface area (Å²) in [4.78, 5) is 80.9. The van der Waals surface area contributed by atoms with E-state index in [2.05, 4.69) is 64.4 Å². The number of fused-ring (bicyclic) bond motifs is 7. The fraction of sp³-hybridized carbons (Fsp3) is 0.843. The summed E-state index contributed by atoms with van der Waals surface area (Å²) in [5.41, 5.74) is -2.15. The Bertz CT molecular complexity index is 1940. The molecule has 0 aliphatic heterocycles. The summed E-state index contributed by atoms with van der Waals surface area (Å²) in [5, 5.41) is 18.7. The first kappa shape index (κ1) is 49.0. The summed E-state index contributed by atoms with van der Waals surface area (Å²) in [6.07, 6.45) is 6.64. The largest absolute Gasteiger partial charge is 0.481 e. The molecule has 5 saturated carbocycles. The van der Waals surface area contributed by atoms with Crippen LogP contribution in [0.4, 0.5) is 4.79 Å². The van der Waals surface area contributed by atoms with Gasteiger partial charge in [0.1, 0.15) is 23.3 Å². The van der Waals surface area contributed by atoms with Gasteiger partial charge in [-0.05, 0) is 155 Å². The van der Waals surface area contributed by atoms with Crippen molar-refractivity contribution in [2.24, 2.45) is 68.5 Å². The molecule has 0 spiro atoms. The molecule has 6 aliphatic rings. The van der Waals surface area contributed by atoms with Gasteiger partial charge in [0.15, 0.2) is 5.78 Å². The van der Waals surface area contributed by atoms with Crippen LogP contribution in [0.15, 0.2) is 11.1 Å². The van der Waals surface area contributed by atoms with Gasteiger partial charge in [-0.1, -0.05) is 76.2 Å². The minimum absolute atomic E-state index is 0.00451. The molecule has 6 aliphatic carbocycles. The lowest BCUT2D eigenvalue weighted by molar-refractivity contribution is -0.235. The van der Waals surface area contributed by atoms with Gasteiger partial charge in [-0.3, -0.25) is 24.0 Å². The minimum atomic E-state index is -1.37. The minimum Gasteiger partial charge on any atom is -0.481 e. The molecule has 354 valence electrons. The van der Waals surface area contributed by atoms with E-state index in [1.807, 2.05) is 27.7 Å². The van der Waals surface area contributed by atoms with E-state index in [0.29, 0.717) is 24.7 Å². The predicted molar refractivity (Wildman–Crippen MR) is 241 cm³/mol. The fourth-order valence-corrected chi connectivity index (χ4v) is 14.7. The lowest BCUT2D eigenvalue weighted by Gasteiger charge is -2.72. The zero-order valence-corrected chi connectivity index (χ0v) is 41.5. The van der Waals surface area contributed by atoms with E-state index in [0.717, 1.165) is 56.1 Å². The van der Waals surface area contributed by atoms with E-state index in [4.69, 9.17) is 9.47 Å². The van der Waals surface area contributed by atoms with Gasteiger partial charge in [0.25, 0.3) is 0 Å². The quantitative estimate of drug-likeness (QED) is 0.156. The molecule has 63 heavy (non-hydrogen) atoms. The van der Waals surface area contributed by atoms with Gasteiger partial charge >= 0.3 is 18.0 Å². The number of ketones is 1. The SMILES string of the molecule is CC(C)C1=C2[C@H]3CC[C@@H]4[C@@]5(C)CC[C@H](OC(=O)[C@H]6C[C@@H](C(=O)O)C6(C)C)C(C)(C)[C@@H]5CC[C@@]4(C)[C@]3(C)CC[C@@]2(NC(=O)C(C)(C)NC(=O)[C@@H](NC(=O)OC(C)(C)C)C(C)C)CC1=O. The molecular formula is C51H81N3O9. The summed E-state index contributed by atoms with van der Waals surface area (Å²) in [6.45, 7) is 32.2. The molecule has 0 bridgehead atoms. The standard InChI is InChI=1S/C51H81N3O9/c1-27(2)36-32(55)26-51(54-42(60)47(12,13)53-39(56)38(28(3)4)52-43(61)63-44(5,6)7)24-23-49(15)29(37(36)51)17-18-34-48(14)21-20-35(46(10,11)33(48)19-22-50(34,49)16)62-41(59)31-25-30(40(57)58)45(31,8)9/h27-31,33-35,38H,17-26H2,1-16H3,(H,52,61)(H,53,56)(H,54,60)(H,57,58)/t29-,30+,31-,33+,34-,35+,38+,48+,49-,50-,51-/m1/s1. The van der Waals surface area contributed by atoms with Crippen molar-refractivity contribution >= 4 is 35.6 Å². The Labute approximate surface area is 377 Å². The molecule has 0 unspecified atom stereocenters. The Morgan fingerprint density at radius 3 is 1.95 bits per heavy atom. The highest BCUT2D eigenvalue weighted by Crippen LogP contribution is 2.76. The first-order valence-electron chi connectivity index (χ1n) is 24.1. The van der Waals surface area contributed by atoms with Gasteiger partial charge in [0.05, 0.1) is 17.4 Å². The second kappa shape index (κ2) is 15.9. The molecule has 0 saturated heterocycles. The van der Waals surface area contributed by atoms with Crippen LogP contribution < -0.4 is 16.0 Å². The average Bonchev–Trinajstić information content (AvgIpc) is 3.42. The summed E-state index contributed by atoms with van der Waals surface area (Å²) in [6, 6.07) is -0.937. The number of carbonyl (C=O) groups excluding carboxylic acids is 5. The number of carboxylic acid groups (broad SMARTS) is 1. The maximum Gasteiger partial charge on any atom is 0.408 e. The summed E-state index contributed by atoms with van der Waals surface area (Å²) >= 11 is 0. The highest BCUT2D eigenvalue weighted by molar-refractivity contribution is 6.03. The Morgan fingerprint density at radius 1 is 0.762 bits per heavy atom. The number of amides is 3. The van der Waals surface area contributed by atoms with Gasteiger partial charge in [0.2, 0.25) is 11.8 Å². The van der Waals surface area contributed by atoms with Crippen molar-refractivity contribution in [1.82, 2.24) is 16.0 Å². The monoisotopic (exact) mass is 880 g/mol. The molecule has 4 N–H and O–H groups in total. The van der Waals surface area contributed by atoms with Crippen LogP contribution in [-0.4, -0.2) is 69.6 Å². The second-order valence-corrected chi connectivity index (χ2v) is 25.0. The van der Waals surface area contributed by atoms with Crippen molar-refractivity contribution in [3.63, 3.8) is 0 Å². The van der Waals surface area contributed by atoms with Crippen molar-refractivity contribution in [3.8, 4) is 0 Å². The number of esters is 1. The van der Waals surface area contributed by atoms with E-state index in [1.54, 1.807) is 34.6 Å². The van der Waals surface area contributed by atoms with Crippen molar-refractivity contribution in [2.75, 3.05) is 0 Å². The van der Waals surface area contributed by atoms with Gasteiger partial charge < -0.3 is 30.5 Å². The third-order valence-electron chi connectivity index (χ3n) is 18.5. The number of ether oxygens (including phenoxy) is 2. The van der Waals surface area contributed by atoms with Crippen LogP contribution in [0.3, 0.4) is 0 Å². The van der Waals surface area contributed by atoms with E-state index >= 15 is 0 Å². The lowest BCUT2D eigenvalue weighted by atomic mass is 9.33. The molecule has 5 fully saturated rings. The second-order valence-electron chi connectivity index (χ2n) is 25.0. The van der Waals surface area contributed by atoms with Gasteiger partial charge in [0, 0.05) is 11.8 Å². The zero-order chi connectivity index (χ0) is 47.4. The normalized spacial score (nSPS) is 37.3. The molecule has 0 heterocycles.